The summed E-state index contributed by atoms with van der Waals surface area (Å²) in [6.07, 6.45) is 2.95. The maximum Gasteiger partial charge on any atom is 0.350 e. The summed E-state index contributed by atoms with van der Waals surface area (Å²) in [5.74, 6) is -0.444. The lowest BCUT2D eigenvalue weighted by Gasteiger charge is -2.14. The average Bonchev–Trinajstić information content (AvgIpc) is 3.38. The van der Waals surface area contributed by atoms with E-state index in [0.717, 1.165) is 35.2 Å². The van der Waals surface area contributed by atoms with Crippen molar-refractivity contribution in [3.63, 3.8) is 0 Å². The van der Waals surface area contributed by atoms with Gasteiger partial charge in [-0.2, -0.15) is 0 Å². The van der Waals surface area contributed by atoms with E-state index in [0.29, 0.717) is 22.0 Å². The van der Waals surface area contributed by atoms with Crippen molar-refractivity contribution in [2.75, 3.05) is 11.9 Å². The number of fused-ring (bicyclic) bond motifs is 3. The molecule has 4 rings (SSSR count). The molecule has 0 unspecified atom stereocenters. The van der Waals surface area contributed by atoms with Crippen LogP contribution in [0.1, 0.15) is 70.0 Å². The molecule has 1 amide bonds. The molecule has 0 saturated heterocycles. The molecule has 1 aliphatic rings. The quantitative estimate of drug-likeness (QED) is 0.396. The molecule has 2 N–H and O–H groups in total. The molecule has 1 aromatic carbocycles. The number of nitrogens with zero attached hydrogens (tertiary/aromatic N) is 1. The zero-order chi connectivity index (χ0) is 22.8. The second kappa shape index (κ2) is 9.34. The van der Waals surface area contributed by atoms with Crippen molar-refractivity contribution >= 4 is 56.4 Å². The molecule has 3 aromatic rings. The lowest BCUT2D eigenvalue weighted by atomic mass is 9.98. The topological polar surface area (TPSA) is 80.3 Å². The van der Waals surface area contributed by atoms with Crippen LogP contribution < -0.4 is 10.6 Å². The van der Waals surface area contributed by atoms with Crippen LogP contribution in [-0.2, 0) is 17.6 Å². The Labute approximate surface area is 196 Å². The number of thiocarbonyl (C=S) groups is 1. The van der Waals surface area contributed by atoms with E-state index in [9.17, 15) is 9.59 Å². The molecule has 0 spiro atoms. The van der Waals surface area contributed by atoms with Crippen LogP contribution in [0.15, 0.2) is 30.3 Å². The first-order valence-electron chi connectivity index (χ1n) is 10.7. The van der Waals surface area contributed by atoms with Gasteiger partial charge >= 0.3 is 5.97 Å². The predicted octanol–water partition coefficient (Wildman–Crippen LogP) is 5.21. The van der Waals surface area contributed by atoms with Crippen LogP contribution in [0.2, 0.25) is 0 Å². The molecule has 32 heavy (non-hydrogen) atoms. The van der Waals surface area contributed by atoms with E-state index in [1.807, 2.05) is 6.07 Å². The normalized spacial score (nSPS) is 12.6. The van der Waals surface area contributed by atoms with Gasteiger partial charge in [-0.25, -0.2) is 9.78 Å². The van der Waals surface area contributed by atoms with Crippen molar-refractivity contribution in [1.82, 2.24) is 10.3 Å². The van der Waals surface area contributed by atoms with E-state index in [1.165, 1.54) is 22.5 Å². The molecule has 8 heteroatoms. The van der Waals surface area contributed by atoms with E-state index in [4.69, 9.17) is 21.9 Å². The summed E-state index contributed by atoms with van der Waals surface area (Å²) < 4.78 is 5.30. The Kier molecular flexibility index (Phi) is 6.53. The molecule has 0 atom stereocenters. The second-order valence-electron chi connectivity index (χ2n) is 7.94. The number of rotatable bonds is 5. The Morgan fingerprint density at radius 1 is 1.19 bits per heavy atom. The highest BCUT2D eigenvalue weighted by atomic mass is 32.1. The number of carbonyl (C=O) groups excluding carboxylic acids is 2. The number of hydrogen-bond acceptors (Lipinski definition) is 6. The van der Waals surface area contributed by atoms with Crippen molar-refractivity contribution in [2.24, 2.45) is 0 Å². The summed E-state index contributed by atoms with van der Waals surface area (Å²) in [5.41, 5.74) is 4.64. The summed E-state index contributed by atoms with van der Waals surface area (Å²) in [6, 6.07) is 8.85. The van der Waals surface area contributed by atoms with Gasteiger partial charge in [-0.05, 0) is 67.6 Å². The minimum absolute atomic E-state index is 0.129. The molecule has 0 fully saturated rings. The lowest BCUT2D eigenvalue weighted by Crippen LogP contribution is -2.34. The summed E-state index contributed by atoms with van der Waals surface area (Å²) in [4.78, 5) is 31.4. The zero-order valence-corrected chi connectivity index (χ0v) is 19.9. The first kappa shape index (κ1) is 22.4. The maximum absolute atomic E-state index is 12.8. The molecule has 0 aliphatic heterocycles. The zero-order valence-electron chi connectivity index (χ0n) is 18.3. The monoisotopic (exact) mass is 467 g/mol. The first-order valence-corrected chi connectivity index (χ1v) is 12.0. The number of pyridine rings is 1. The lowest BCUT2D eigenvalue weighted by molar-refractivity contribution is 0.0533. The second-order valence-corrected chi connectivity index (χ2v) is 9.35. The van der Waals surface area contributed by atoms with Gasteiger partial charge in [0.1, 0.15) is 9.71 Å². The van der Waals surface area contributed by atoms with E-state index < -0.39 is 5.97 Å². The van der Waals surface area contributed by atoms with Gasteiger partial charge in [0.2, 0.25) is 0 Å². The largest absolute Gasteiger partial charge is 0.462 e. The highest BCUT2D eigenvalue weighted by molar-refractivity contribution is 7.80. The van der Waals surface area contributed by atoms with E-state index >= 15 is 0 Å². The number of esters is 1. The number of thiophene rings is 1. The fourth-order valence-corrected chi connectivity index (χ4v) is 5.36. The fraction of sp³-hybridized carbons (Fsp3) is 0.333. The summed E-state index contributed by atoms with van der Waals surface area (Å²) in [6.45, 7) is 6.32. The van der Waals surface area contributed by atoms with Gasteiger partial charge in [0.05, 0.1) is 12.3 Å². The number of amides is 1. The number of hydrogen-bond donors (Lipinski definition) is 2. The number of anilines is 1. The van der Waals surface area contributed by atoms with Crippen LogP contribution in [0.4, 0.5) is 5.69 Å². The van der Waals surface area contributed by atoms with Gasteiger partial charge in [-0.1, -0.05) is 32.0 Å². The van der Waals surface area contributed by atoms with Crippen LogP contribution in [0, 0.1) is 0 Å². The van der Waals surface area contributed by atoms with Gasteiger partial charge in [-0.15, -0.1) is 11.3 Å². The number of carbonyl (C=O) groups is 2. The van der Waals surface area contributed by atoms with Gasteiger partial charge in [0, 0.05) is 16.6 Å². The van der Waals surface area contributed by atoms with Crippen LogP contribution in [0.25, 0.3) is 10.2 Å². The molecule has 0 bridgehead atoms. The third-order valence-corrected chi connectivity index (χ3v) is 6.72. The molecular weight excluding hydrogens is 442 g/mol. The number of aromatic nitrogens is 1. The minimum atomic E-state index is -0.423. The smallest absolute Gasteiger partial charge is 0.350 e. The Hall–Kier alpha value is -2.84. The molecule has 2 aromatic heterocycles. The molecular formula is C24H25N3O3S2. The maximum atomic E-state index is 12.8. The molecule has 0 radical (unpaired) electrons. The van der Waals surface area contributed by atoms with Crippen molar-refractivity contribution in [2.45, 2.75) is 46.0 Å². The Balaban J connectivity index is 1.75. The minimum Gasteiger partial charge on any atom is -0.462 e. The molecule has 1 aliphatic carbocycles. The fourth-order valence-electron chi connectivity index (χ4n) is 4.10. The van der Waals surface area contributed by atoms with Crippen LogP contribution in [0.3, 0.4) is 0 Å². The first-order chi connectivity index (χ1) is 15.4. The summed E-state index contributed by atoms with van der Waals surface area (Å²) >= 11 is 6.74. The van der Waals surface area contributed by atoms with Crippen LogP contribution in [-0.4, -0.2) is 28.6 Å². The SMILES string of the molecule is CCOC(=O)c1sc2nc(C(C)C)c3c(c2c1NC(=S)NC(=O)c1ccccc1)CCC3. The van der Waals surface area contributed by atoms with E-state index in [-0.39, 0.29) is 17.6 Å². The van der Waals surface area contributed by atoms with E-state index in [2.05, 4.69) is 24.5 Å². The number of aryl methyl sites for hydroxylation is 1. The third kappa shape index (κ3) is 4.25. The Morgan fingerprint density at radius 2 is 1.91 bits per heavy atom. The van der Waals surface area contributed by atoms with Crippen LogP contribution in [0.5, 0.6) is 0 Å². The molecule has 2 heterocycles. The van der Waals surface area contributed by atoms with Gasteiger partial charge in [0.15, 0.2) is 5.11 Å². The van der Waals surface area contributed by atoms with Gasteiger partial charge < -0.3 is 10.1 Å². The van der Waals surface area contributed by atoms with Crippen molar-refractivity contribution in [1.29, 1.82) is 0 Å². The highest BCUT2D eigenvalue weighted by Crippen LogP contribution is 2.43. The number of benzene rings is 1. The van der Waals surface area contributed by atoms with Crippen molar-refractivity contribution in [3.05, 3.63) is 57.6 Å². The molecule has 166 valence electrons. The standard InChI is InChI=1S/C24H25N3O3S2/c1-4-30-23(29)20-19(26-24(31)27-21(28)14-9-6-5-7-10-14)17-15-11-8-12-16(15)18(13(2)3)25-22(17)32-20/h5-7,9-10,13H,4,8,11-12H2,1-3H3,(H2,26,27,28,31). The molecule has 6 nitrogen and oxygen atoms in total. The van der Waals surface area contributed by atoms with Crippen LogP contribution >= 0.6 is 23.6 Å². The average molecular weight is 468 g/mol. The van der Waals surface area contributed by atoms with Crippen molar-refractivity contribution in [3.8, 4) is 0 Å². The number of ether oxygens (including phenoxy) is 1. The summed E-state index contributed by atoms with van der Waals surface area (Å²) in [5, 5.41) is 6.87. The molecule has 0 saturated carbocycles. The number of nitrogens with one attached hydrogen (secondary N) is 2. The van der Waals surface area contributed by atoms with Gasteiger partial charge in [-0.3, -0.25) is 10.1 Å². The Morgan fingerprint density at radius 3 is 2.59 bits per heavy atom. The highest BCUT2D eigenvalue weighted by Gasteiger charge is 2.29. The predicted molar refractivity (Wildman–Crippen MR) is 132 cm³/mol. The van der Waals surface area contributed by atoms with Gasteiger partial charge in [0.25, 0.3) is 5.91 Å². The summed E-state index contributed by atoms with van der Waals surface area (Å²) in [7, 11) is 0. The van der Waals surface area contributed by atoms with E-state index in [1.54, 1.807) is 31.2 Å². The van der Waals surface area contributed by atoms with Crippen molar-refractivity contribution < 1.29 is 14.3 Å². The Bertz CT molecular complexity index is 1200. The third-order valence-electron chi connectivity index (χ3n) is 5.45.